The van der Waals surface area contributed by atoms with Crippen molar-refractivity contribution in [2.75, 3.05) is 0 Å². The molecule has 1 N–H and O–H groups in total. The van der Waals surface area contributed by atoms with Gasteiger partial charge in [0.15, 0.2) is 0 Å². The molecule has 2 rings (SSSR count). The molecular weight excluding hydrogens is 204 g/mol. The molecule has 0 amide bonds. The fraction of sp³-hybridized carbons (Fsp3) is 0.182. The van der Waals surface area contributed by atoms with Crippen LogP contribution >= 0.6 is 0 Å². The number of rotatable bonds is 1. The molecule has 0 spiro atoms. The van der Waals surface area contributed by atoms with E-state index in [0.29, 0.717) is 5.69 Å². The lowest BCUT2D eigenvalue weighted by atomic mass is 10.1. The van der Waals surface area contributed by atoms with Crippen LogP contribution in [0.15, 0.2) is 23.1 Å². The van der Waals surface area contributed by atoms with Gasteiger partial charge in [0.05, 0.1) is 5.69 Å². The maximum Gasteiger partial charge on any atom is 0.266 e. The van der Waals surface area contributed by atoms with Crippen LogP contribution in [0, 0.1) is 18.3 Å². The highest BCUT2D eigenvalue weighted by Gasteiger charge is 2.09. The van der Waals surface area contributed by atoms with Crippen molar-refractivity contribution in [3.63, 3.8) is 0 Å². The summed E-state index contributed by atoms with van der Waals surface area (Å²) >= 11 is 0. The quantitative estimate of drug-likeness (QED) is 0.768. The Labute approximate surface area is 92.0 Å². The largest absolute Gasteiger partial charge is 0.325 e. The van der Waals surface area contributed by atoms with Crippen LogP contribution in [0.3, 0.4) is 0 Å². The highest BCUT2D eigenvalue weighted by atomic mass is 16.1. The summed E-state index contributed by atoms with van der Waals surface area (Å²) < 4.78 is 1.67. The molecule has 0 saturated heterocycles. The lowest BCUT2D eigenvalue weighted by Gasteiger charge is -2.02. The third-order valence-electron chi connectivity index (χ3n) is 2.35. The molecule has 0 bridgehead atoms. The Morgan fingerprint density at radius 2 is 2.31 bits per heavy atom. The van der Waals surface area contributed by atoms with E-state index >= 15 is 0 Å². The van der Waals surface area contributed by atoms with Gasteiger partial charge < -0.3 is 4.98 Å². The van der Waals surface area contributed by atoms with Gasteiger partial charge in [-0.3, -0.25) is 9.48 Å². The van der Waals surface area contributed by atoms with E-state index in [1.165, 1.54) is 0 Å². The zero-order chi connectivity index (χ0) is 11.7. The molecule has 80 valence electrons. The van der Waals surface area contributed by atoms with E-state index in [2.05, 4.69) is 10.1 Å². The summed E-state index contributed by atoms with van der Waals surface area (Å²) in [4.78, 5) is 14.0. The molecule has 0 fully saturated rings. The maximum absolute atomic E-state index is 11.4. The predicted octanol–water partition coefficient (Wildman–Crippen LogP) is 0.956. The lowest BCUT2D eigenvalue weighted by molar-refractivity contribution is 0.770. The van der Waals surface area contributed by atoms with Crippen LogP contribution in [0.25, 0.3) is 11.3 Å². The number of hydrogen-bond donors (Lipinski definition) is 1. The predicted molar refractivity (Wildman–Crippen MR) is 58.7 cm³/mol. The Morgan fingerprint density at radius 1 is 1.56 bits per heavy atom. The zero-order valence-corrected chi connectivity index (χ0v) is 8.98. The second kappa shape index (κ2) is 3.66. The fourth-order valence-electron chi connectivity index (χ4n) is 1.53. The van der Waals surface area contributed by atoms with Gasteiger partial charge in [0.2, 0.25) is 0 Å². The van der Waals surface area contributed by atoms with Gasteiger partial charge in [0.1, 0.15) is 11.6 Å². The van der Waals surface area contributed by atoms with E-state index in [9.17, 15) is 4.79 Å². The van der Waals surface area contributed by atoms with Crippen LogP contribution in [-0.4, -0.2) is 14.8 Å². The first-order valence-corrected chi connectivity index (χ1v) is 4.76. The van der Waals surface area contributed by atoms with Crippen molar-refractivity contribution in [1.82, 2.24) is 14.8 Å². The molecule has 2 heterocycles. The molecule has 0 atom stereocenters. The molecule has 5 heteroatoms. The van der Waals surface area contributed by atoms with Gasteiger partial charge in [-0.1, -0.05) is 0 Å². The number of aromatic nitrogens is 3. The summed E-state index contributed by atoms with van der Waals surface area (Å²) in [6.07, 6.45) is 1.81. The van der Waals surface area contributed by atoms with Crippen LogP contribution < -0.4 is 5.56 Å². The summed E-state index contributed by atoms with van der Waals surface area (Å²) in [6.45, 7) is 1.78. The molecular formula is C11H10N4O. The second-order valence-electron chi connectivity index (χ2n) is 3.54. The van der Waals surface area contributed by atoms with E-state index in [-0.39, 0.29) is 11.1 Å². The van der Waals surface area contributed by atoms with Gasteiger partial charge in [0, 0.05) is 24.5 Å². The fourth-order valence-corrected chi connectivity index (χ4v) is 1.53. The van der Waals surface area contributed by atoms with Gasteiger partial charge in [0.25, 0.3) is 5.56 Å². The number of hydrogen-bond acceptors (Lipinski definition) is 3. The zero-order valence-electron chi connectivity index (χ0n) is 8.98. The molecule has 0 saturated carbocycles. The van der Waals surface area contributed by atoms with E-state index in [0.717, 1.165) is 11.3 Å². The third-order valence-corrected chi connectivity index (χ3v) is 2.35. The Balaban J connectivity index is 2.67. The first kappa shape index (κ1) is 10.2. The van der Waals surface area contributed by atoms with Crippen LogP contribution in [0.5, 0.6) is 0 Å². The smallest absolute Gasteiger partial charge is 0.266 e. The minimum absolute atomic E-state index is 0.103. The normalized spacial score (nSPS) is 10.1. The minimum Gasteiger partial charge on any atom is -0.325 e. The third kappa shape index (κ3) is 1.61. The summed E-state index contributed by atoms with van der Waals surface area (Å²) in [5, 5.41) is 13.0. The summed E-state index contributed by atoms with van der Waals surface area (Å²) in [7, 11) is 1.82. The van der Waals surface area contributed by atoms with Gasteiger partial charge in [-0.25, -0.2) is 0 Å². The van der Waals surface area contributed by atoms with E-state index in [1.807, 2.05) is 25.4 Å². The van der Waals surface area contributed by atoms with Crippen molar-refractivity contribution in [3.8, 4) is 17.3 Å². The average Bonchev–Trinajstić information content (AvgIpc) is 2.65. The molecule has 0 aliphatic carbocycles. The molecule has 5 nitrogen and oxygen atoms in total. The molecule has 0 aromatic carbocycles. The number of nitrogens with one attached hydrogen (secondary N) is 1. The number of H-pyrrole nitrogens is 1. The van der Waals surface area contributed by atoms with E-state index in [4.69, 9.17) is 5.26 Å². The Kier molecular flexibility index (Phi) is 2.33. The molecule has 0 radical (unpaired) electrons. The van der Waals surface area contributed by atoms with Crippen molar-refractivity contribution in [2.24, 2.45) is 7.05 Å². The number of aromatic amines is 1. The van der Waals surface area contributed by atoms with Crippen LogP contribution in [0.1, 0.15) is 11.3 Å². The van der Waals surface area contributed by atoms with Crippen molar-refractivity contribution in [3.05, 3.63) is 39.9 Å². The molecule has 0 unspecified atom stereocenters. The summed E-state index contributed by atoms with van der Waals surface area (Å²) in [5.74, 6) is 0. The van der Waals surface area contributed by atoms with Crippen LogP contribution in [0.2, 0.25) is 0 Å². The maximum atomic E-state index is 11.4. The van der Waals surface area contributed by atoms with Gasteiger partial charge in [-0.15, -0.1) is 0 Å². The Bertz CT molecular complexity index is 630. The van der Waals surface area contributed by atoms with Gasteiger partial charge >= 0.3 is 0 Å². The summed E-state index contributed by atoms with van der Waals surface area (Å²) in [6, 6.07) is 5.26. The number of nitriles is 1. The minimum atomic E-state index is -0.361. The molecule has 2 aromatic rings. The summed E-state index contributed by atoms with van der Waals surface area (Å²) in [5.41, 5.74) is 1.97. The molecule has 2 aromatic heterocycles. The van der Waals surface area contributed by atoms with Crippen LogP contribution in [0.4, 0.5) is 0 Å². The Hall–Kier alpha value is -2.35. The van der Waals surface area contributed by atoms with Crippen LogP contribution in [-0.2, 0) is 7.05 Å². The monoisotopic (exact) mass is 214 g/mol. The number of aryl methyl sites for hydroxylation is 2. The SMILES string of the molecule is Cc1[nH]c(=O)c(C#N)cc1-c1ccn(C)n1. The highest BCUT2D eigenvalue weighted by molar-refractivity contribution is 5.63. The topological polar surface area (TPSA) is 74.5 Å². The number of nitrogens with zero attached hydrogens (tertiary/aromatic N) is 3. The highest BCUT2D eigenvalue weighted by Crippen LogP contribution is 2.19. The second-order valence-corrected chi connectivity index (χ2v) is 3.54. The lowest BCUT2D eigenvalue weighted by Crippen LogP contribution is -2.12. The van der Waals surface area contributed by atoms with Gasteiger partial charge in [-0.2, -0.15) is 10.4 Å². The van der Waals surface area contributed by atoms with Gasteiger partial charge in [-0.05, 0) is 19.1 Å². The van der Waals surface area contributed by atoms with Crippen molar-refractivity contribution in [2.45, 2.75) is 6.92 Å². The van der Waals surface area contributed by atoms with E-state index < -0.39 is 0 Å². The molecule has 0 aliphatic heterocycles. The van der Waals surface area contributed by atoms with E-state index in [1.54, 1.807) is 17.7 Å². The molecule has 16 heavy (non-hydrogen) atoms. The average molecular weight is 214 g/mol. The van der Waals surface area contributed by atoms with Crippen molar-refractivity contribution < 1.29 is 0 Å². The van der Waals surface area contributed by atoms with Crippen molar-refractivity contribution >= 4 is 0 Å². The standard InChI is InChI=1S/C11H10N4O/c1-7-9(10-3-4-15(2)14-10)5-8(6-12)11(16)13-7/h3-5H,1-2H3,(H,13,16). The van der Waals surface area contributed by atoms with Crippen molar-refractivity contribution in [1.29, 1.82) is 5.26 Å². The number of pyridine rings is 1. The first-order chi connectivity index (χ1) is 7.61. The first-order valence-electron chi connectivity index (χ1n) is 4.76. The molecule has 0 aliphatic rings. The Morgan fingerprint density at radius 3 is 2.88 bits per heavy atom.